The molecule has 0 atom stereocenters. The fourth-order valence-corrected chi connectivity index (χ4v) is 4.55. The lowest BCUT2D eigenvalue weighted by atomic mass is 10.2. The molecule has 0 radical (unpaired) electrons. The van der Waals surface area contributed by atoms with Crippen LogP contribution in [0.1, 0.15) is 36.2 Å². The molecule has 0 saturated carbocycles. The van der Waals surface area contributed by atoms with Crippen LogP contribution in [0, 0.1) is 13.8 Å². The zero-order valence-corrected chi connectivity index (χ0v) is 16.7. The number of benzene rings is 2. The number of aromatic nitrogens is 2. The molecule has 1 aromatic heterocycles. The van der Waals surface area contributed by atoms with Crippen molar-refractivity contribution in [3.8, 4) is 0 Å². The number of imidazole rings is 1. The van der Waals surface area contributed by atoms with Gasteiger partial charge in [0.25, 0.3) is 0 Å². The van der Waals surface area contributed by atoms with E-state index in [0.717, 1.165) is 24.2 Å². The van der Waals surface area contributed by atoms with E-state index in [4.69, 9.17) is 4.98 Å². The van der Waals surface area contributed by atoms with E-state index in [1.165, 1.54) is 46.6 Å². The fraction of sp³-hybridized carbons (Fsp3) is 0.364. The topological polar surface area (TPSA) is 46.9 Å². The third-order valence-electron chi connectivity index (χ3n) is 5.10. The molecule has 2 heterocycles. The van der Waals surface area contributed by atoms with Crippen molar-refractivity contribution in [2.24, 2.45) is 0 Å². The maximum Gasteiger partial charge on any atom is 0.234 e. The maximum absolute atomic E-state index is 12.4. The summed E-state index contributed by atoms with van der Waals surface area (Å²) in [6.45, 7) is 5.20. The van der Waals surface area contributed by atoms with Gasteiger partial charge in [-0.1, -0.05) is 24.1 Å². The van der Waals surface area contributed by atoms with Crippen LogP contribution in [-0.4, -0.2) is 21.2 Å². The SMILES string of the molecule is Cc1ccc(C)c(SCC(=O)Nc2ccc3c(c2)nc2n3CCCCC2)c1. The predicted octanol–water partition coefficient (Wildman–Crippen LogP) is 5.11. The number of carbonyl (C=O) groups excluding carboxylic acids is 1. The van der Waals surface area contributed by atoms with Crippen LogP contribution in [0.25, 0.3) is 11.0 Å². The van der Waals surface area contributed by atoms with Crippen molar-refractivity contribution in [3.05, 3.63) is 53.3 Å². The van der Waals surface area contributed by atoms with E-state index in [1.807, 2.05) is 12.1 Å². The normalized spacial score (nSPS) is 14.0. The molecule has 1 aliphatic heterocycles. The maximum atomic E-state index is 12.4. The molecule has 4 rings (SSSR count). The fourth-order valence-electron chi connectivity index (χ4n) is 3.63. The van der Waals surface area contributed by atoms with E-state index in [2.05, 4.69) is 48.0 Å². The first-order chi connectivity index (χ1) is 13.1. The molecular formula is C22H25N3OS. The van der Waals surface area contributed by atoms with Gasteiger partial charge in [0.05, 0.1) is 16.8 Å². The smallest absolute Gasteiger partial charge is 0.234 e. The number of aryl methyl sites for hydroxylation is 4. The van der Waals surface area contributed by atoms with E-state index in [1.54, 1.807) is 11.8 Å². The van der Waals surface area contributed by atoms with Gasteiger partial charge >= 0.3 is 0 Å². The Kier molecular flexibility index (Phi) is 5.21. The average Bonchev–Trinajstić information content (AvgIpc) is 2.82. The number of anilines is 1. The van der Waals surface area contributed by atoms with Crippen molar-refractivity contribution in [1.82, 2.24) is 9.55 Å². The van der Waals surface area contributed by atoms with Crippen molar-refractivity contribution >= 4 is 34.4 Å². The standard InChI is InChI=1S/C22H25N3OS/c1-15-7-8-16(2)20(12-15)27-14-22(26)23-17-9-10-19-18(13-17)24-21-6-4-3-5-11-25(19)21/h7-10,12-13H,3-6,11,14H2,1-2H3,(H,23,26). The Morgan fingerprint density at radius 2 is 2.04 bits per heavy atom. The molecular weight excluding hydrogens is 354 g/mol. The number of thioether (sulfide) groups is 1. The van der Waals surface area contributed by atoms with Gasteiger partial charge < -0.3 is 9.88 Å². The number of nitrogens with one attached hydrogen (secondary N) is 1. The number of nitrogens with zero attached hydrogens (tertiary/aromatic N) is 2. The van der Waals surface area contributed by atoms with E-state index in [9.17, 15) is 4.79 Å². The second-order valence-corrected chi connectivity index (χ2v) is 8.32. The van der Waals surface area contributed by atoms with Gasteiger partial charge in [-0.15, -0.1) is 11.8 Å². The molecule has 0 aliphatic carbocycles. The number of amides is 1. The highest BCUT2D eigenvalue weighted by Crippen LogP contribution is 2.26. The molecule has 1 N–H and O–H groups in total. The summed E-state index contributed by atoms with van der Waals surface area (Å²) >= 11 is 1.58. The molecule has 1 aliphatic rings. The zero-order chi connectivity index (χ0) is 18.8. The molecule has 27 heavy (non-hydrogen) atoms. The van der Waals surface area contributed by atoms with Crippen molar-refractivity contribution in [2.75, 3.05) is 11.1 Å². The second-order valence-electron chi connectivity index (χ2n) is 7.30. The van der Waals surface area contributed by atoms with Crippen LogP contribution in [-0.2, 0) is 17.8 Å². The van der Waals surface area contributed by atoms with Gasteiger partial charge in [-0.05, 0) is 56.5 Å². The first-order valence-electron chi connectivity index (χ1n) is 9.59. The lowest BCUT2D eigenvalue weighted by Gasteiger charge is -2.08. The van der Waals surface area contributed by atoms with E-state index < -0.39 is 0 Å². The van der Waals surface area contributed by atoms with Crippen molar-refractivity contribution in [3.63, 3.8) is 0 Å². The molecule has 5 heteroatoms. The molecule has 140 valence electrons. The van der Waals surface area contributed by atoms with Crippen molar-refractivity contribution in [2.45, 2.75) is 51.0 Å². The van der Waals surface area contributed by atoms with Crippen LogP contribution >= 0.6 is 11.8 Å². The summed E-state index contributed by atoms with van der Waals surface area (Å²) in [4.78, 5) is 18.4. The van der Waals surface area contributed by atoms with Gasteiger partial charge in [0.2, 0.25) is 5.91 Å². The van der Waals surface area contributed by atoms with Gasteiger partial charge in [0, 0.05) is 23.5 Å². The van der Waals surface area contributed by atoms with Gasteiger partial charge in [-0.25, -0.2) is 4.98 Å². The van der Waals surface area contributed by atoms with Crippen LogP contribution in [0.15, 0.2) is 41.3 Å². The molecule has 4 nitrogen and oxygen atoms in total. The molecule has 0 spiro atoms. The Hall–Kier alpha value is -2.27. The third-order valence-corrected chi connectivity index (χ3v) is 6.25. The summed E-state index contributed by atoms with van der Waals surface area (Å²) in [7, 11) is 0. The summed E-state index contributed by atoms with van der Waals surface area (Å²) in [6, 6.07) is 12.4. The van der Waals surface area contributed by atoms with E-state index in [-0.39, 0.29) is 5.91 Å². The monoisotopic (exact) mass is 379 g/mol. The minimum atomic E-state index is 0.0148. The molecule has 1 amide bonds. The first kappa shape index (κ1) is 18.1. The largest absolute Gasteiger partial charge is 0.328 e. The molecule has 3 aromatic rings. The van der Waals surface area contributed by atoms with Crippen LogP contribution in [0.2, 0.25) is 0 Å². The Bertz CT molecular complexity index is 993. The Balaban J connectivity index is 1.45. The minimum absolute atomic E-state index is 0.0148. The number of hydrogen-bond acceptors (Lipinski definition) is 3. The van der Waals surface area contributed by atoms with Gasteiger partial charge in [0.15, 0.2) is 0 Å². The molecule has 0 bridgehead atoms. The van der Waals surface area contributed by atoms with Crippen molar-refractivity contribution in [1.29, 1.82) is 0 Å². The molecule has 0 unspecified atom stereocenters. The summed E-state index contributed by atoms with van der Waals surface area (Å²) in [6.07, 6.45) is 4.75. The molecule has 2 aromatic carbocycles. The number of carbonyl (C=O) groups is 1. The van der Waals surface area contributed by atoms with Gasteiger partial charge in [0.1, 0.15) is 5.82 Å². The molecule has 0 saturated heterocycles. The Labute approximate surface area is 164 Å². The van der Waals surface area contributed by atoms with Gasteiger partial charge in [-0.3, -0.25) is 4.79 Å². The van der Waals surface area contributed by atoms with Crippen LogP contribution in [0.3, 0.4) is 0 Å². The Morgan fingerprint density at radius 3 is 2.93 bits per heavy atom. The highest BCUT2D eigenvalue weighted by Gasteiger charge is 2.14. The van der Waals surface area contributed by atoms with Crippen molar-refractivity contribution < 1.29 is 4.79 Å². The van der Waals surface area contributed by atoms with Crippen LogP contribution in [0.5, 0.6) is 0 Å². The van der Waals surface area contributed by atoms with E-state index in [0.29, 0.717) is 5.75 Å². The Morgan fingerprint density at radius 1 is 1.15 bits per heavy atom. The van der Waals surface area contributed by atoms with E-state index >= 15 is 0 Å². The highest BCUT2D eigenvalue weighted by molar-refractivity contribution is 8.00. The predicted molar refractivity (Wildman–Crippen MR) is 113 cm³/mol. The molecule has 0 fully saturated rings. The first-order valence-corrected chi connectivity index (χ1v) is 10.6. The summed E-state index contributed by atoms with van der Waals surface area (Å²) in [5.41, 5.74) is 5.40. The lowest BCUT2D eigenvalue weighted by molar-refractivity contribution is -0.113. The average molecular weight is 380 g/mol. The van der Waals surface area contributed by atoms with Gasteiger partial charge in [-0.2, -0.15) is 0 Å². The minimum Gasteiger partial charge on any atom is -0.328 e. The number of hydrogen-bond donors (Lipinski definition) is 1. The summed E-state index contributed by atoms with van der Waals surface area (Å²) in [5, 5.41) is 3.02. The highest BCUT2D eigenvalue weighted by atomic mass is 32.2. The van der Waals surface area contributed by atoms with Crippen LogP contribution in [0.4, 0.5) is 5.69 Å². The zero-order valence-electron chi connectivity index (χ0n) is 15.9. The number of rotatable bonds is 4. The summed E-state index contributed by atoms with van der Waals surface area (Å²) in [5.74, 6) is 1.60. The van der Waals surface area contributed by atoms with Crippen LogP contribution < -0.4 is 5.32 Å². The quantitative estimate of drug-likeness (QED) is 0.641. The lowest BCUT2D eigenvalue weighted by Crippen LogP contribution is -2.14. The third kappa shape index (κ3) is 4.03. The number of fused-ring (bicyclic) bond motifs is 3. The summed E-state index contributed by atoms with van der Waals surface area (Å²) < 4.78 is 2.34. The second kappa shape index (κ2) is 7.77.